The van der Waals surface area contributed by atoms with Crippen molar-refractivity contribution in [2.45, 2.75) is 46.1 Å². The van der Waals surface area contributed by atoms with Gasteiger partial charge in [0.2, 0.25) is 0 Å². The summed E-state index contributed by atoms with van der Waals surface area (Å²) < 4.78 is 2.32. The summed E-state index contributed by atoms with van der Waals surface area (Å²) in [6, 6.07) is 25.5. The molecule has 0 amide bonds. The highest BCUT2D eigenvalue weighted by molar-refractivity contribution is 6.31. The van der Waals surface area contributed by atoms with Gasteiger partial charge in [-0.05, 0) is 61.1 Å². The summed E-state index contributed by atoms with van der Waals surface area (Å²) in [6.45, 7) is 9.73. The smallest absolute Gasteiger partial charge is 0.120 e. The molecule has 0 saturated heterocycles. The third-order valence-corrected chi connectivity index (χ3v) is 6.19. The predicted octanol–water partition coefficient (Wildman–Crippen LogP) is 7.26. The quantitative estimate of drug-likeness (QED) is 0.323. The predicted molar refractivity (Wildman–Crippen MR) is 127 cm³/mol. The van der Waals surface area contributed by atoms with Crippen molar-refractivity contribution >= 4 is 22.6 Å². The van der Waals surface area contributed by atoms with Gasteiger partial charge in [0.25, 0.3) is 0 Å². The van der Waals surface area contributed by atoms with Crippen LogP contribution in [0.25, 0.3) is 11.0 Å². The van der Waals surface area contributed by atoms with Gasteiger partial charge >= 0.3 is 0 Å². The fraction of sp³-hybridized carbons (Fsp3) is 0.296. The molecule has 154 valence electrons. The number of para-hydroxylation sites is 2. The van der Waals surface area contributed by atoms with Crippen molar-refractivity contribution in [1.29, 1.82) is 0 Å². The van der Waals surface area contributed by atoms with Gasteiger partial charge < -0.3 is 4.57 Å². The van der Waals surface area contributed by atoms with Crippen molar-refractivity contribution < 1.29 is 0 Å². The molecule has 1 aromatic heterocycles. The maximum Gasteiger partial charge on any atom is 0.120 e. The Hall–Kier alpha value is -2.58. The average Bonchev–Trinajstić information content (AvgIpc) is 3.09. The Kier molecular flexibility index (Phi) is 5.71. The van der Waals surface area contributed by atoms with Crippen molar-refractivity contribution in [2.75, 3.05) is 0 Å². The third kappa shape index (κ3) is 4.02. The Labute approximate surface area is 184 Å². The number of imidazole rings is 1. The van der Waals surface area contributed by atoms with Crippen LogP contribution in [0.2, 0.25) is 5.02 Å². The molecule has 4 aromatic rings. The van der Waals surface area contributed by atoms with Crippen molar-refractivity contribution in [2.24, 2.45) is 5.92 Å². The molecule has 4 rings (SSSR count). The molecule has 2 nitrogen and oxygen atoms in total. The number of nitrogens with zero attached hydrogens (tertiary/aromatic N) is 2. The lowest BCUT2D eigenvalue weighted by Crippen LogP contribution is -2.25. The lowest BCUT2D eigenvalue weighted by molar-refractivity contribution is 0.553. The lowest BCUT2D eigenvalue weighted by Gasteiger charge is -2.26. The van der Waals surface area contributed by atoms with Crippen LogP contribution in [-0.4, -0.2) is 9.55 Å². The van der Waals surface area contributed by atoms with Gasteiger partial charge in [0.15, 0.2) is 0 Å². The first kappa shape index (κ1) is 20.7. The van der Waals surface area contributed by atoms with Gasteiger partial charge in [-0.15, -0.1) is 0 Å². The molecule has 0 aliphatic carbocycles. The molecule has 0 bridgehead atoms. The molecule has 0 fully saturated rings. The molecule has 0 saturated carbocycles. The minimum absolute atomic E-state index is 0.239. The Bertz CT molecular complexity index is 1150. The Morgan fingerprint density at radius 2 is 1.57 bits per heavy atom. The normalized spacial score (nSPS) is 12.1. The standard InChI is InChI=1S/C27H29ClN2/c1-19(2)17-20-13-15-22(16-14-20)27(3,4)26-29-24-11-7-8-12-25(24)30(26)18-21-9-5-6-10-23(21)28/h5-16,19H,17-18H2,1-4H3. The minimum Gasteiger partial charge on any atom is -0.323 e. The van der Waals surface area contributed by atoms with Gasteiger partial charge in [-0.2, -0.15) is 0 Å². The molecular weight excluding hydrogens is 388 g/mol. The van der Waals surface area contributed by atoms with Crippen molar-refractivity contribution in [3.8, 4) is 0 Å². The van der Waals surface area contributed by atoms with E-state index < -0.39 is 0 Å². The van der Waals surface area contributed by atoms with Crippen LogP contribution in [0, 0.1) is 5.92 Å². The van der Waals surface area contributed by atoms with Crippen molar-refractivity contribution in [1.82, 2.24) is 9.55 Å². The second kappa shape index (κ2) is 8.28. The SMILES string of the molecule is CC(C)Cc1ccc(C(C)(C)c2nc3ccccc3n2Cc2ccccc2Cl)cc1. The van der Waals surface area contributed by atoms with E-state index in [4.69, 9.17) is 16.6 Å². The Morgan fingerprint density at radius 1 is 0.900 bits per heavy atom. The van der Waals surface area contributed by atoms with Crippen LogP contribution in [-0.2, 0) is 18.4 Å². The molecule has 3 heteroatoms. The fourth-order valence-electron chi connectivity index (χ4n) is 4.17. The van der Waals surface area contributed by atoms with Gasteiger partial charge in [0, 0.05) is 10.4 Å². The van der Waals surface area contributed by atoms with Crippen LogP contribution in [0.1, 0.15) is 50.2 Å². The number of halogens is 1. The maximum absolute atomic E-state index is 6.50. The molecule has 0 aliphatic rings. The van der Waals surface area contributed by atoms with E-state index in [2.05, 4.69) is 80.8 Å². The molecule has 0 N–H and O–H groups in total. The van der Waals surface area contributed by atoms with Gasteiger partial charge in [-0.25, -0.2) is 4.98 Å². The van der Waals surface area contributed by atoms with Gasteiger partial charge in [-0.1, -0.05) is 80.0 Å². The zero-order valence-corrected chi connectivity index (χ0v) is 18.9. The molecular formula is C27H29ClN2. The summed E-state index contributed by atoms with van der Waals surface area (Å²) in [5.41, 5.74) is 5.67. The number of benzene rings is 3. The van der Waals surface area contributed by atoms with Crippen LogP contribution < -0.4 is 0 Å². The number of fused-ring (bicyclic) bond motifs is 1. The van der Waals surface area contributed by atoms with Crippen LogP contribution >= 0.6 is 11.6 Å². The van der Waals surface area contributed by atoms with Crippen LogP contribution in [0.3, 0.4) is 0 Å². The zero-order chi connectivity index (χ0) is 21.3. The Morgan fingerprint density at radius 3 is 2.27 bits per heavy atom. The van der Waals surface area contributed by atoms with Crippen LogP contribution in [0.5, 0.6) is 0 Å². The van der Waals surface area contributed by atoms with Gasteiger partial charge in [-0.3, -0.25) is 0 Å². The van der Waals surface area contributed by atoms with Crippen molar-refractivity contribution in [3.63, 3.8) is 0 Å². The molecule has 0 atom stereocenters. The fourth-order valence-corrected chi connectivity index (χ4v) is 4.36. The van der Waals surface area contributed by atoms with Crippen LogP contribution in [0.15, 0.2) is 72.8 Å². The zero-order valence-electron chi connectivity index (χ0n) is 18.2. The highest BCUT2D eigenvalue weighted by Gasteiger charge is 2.30. The summed E-state index contributed by atoms with van der Waals surface area (Å²) in [4.78, 5) is 5.08. The molecule has 30 heavy (non-hydrogen) atoms. The molecule has 1 heterocycles. The molecule has 0 unspecified atom stereocenters. The second-order valence-electron chi connectivity index (χ2n) is 9.02. The number of hydrogen-bond acceptors (Lipinski definition) is 1. The molecule has 0 spiro atoms. The van der Waals surface area contributed by atoms with Gasteiger partial charge in [0.1, 0.15) is 5.82 Å². The Balaban J connectivity index is 1.80. The summed E-state index contributed by atoms with van der Waals surface area (Å²) in [6.07, 6.45) is 1.10. The lowest BCUT2D eigenvalue weighted by atomic mass is 9.83. The average molecular weight is 417 g/mol. The maximum atomic E-state index is 6.50. The number of aromatic nitrogens is 2. The third-order valence-electron chi connectivity index (χ3n) is 5.82. The second-order valence-corrected chi connectivity index (χ2v) is 9.43. The highest BCUT2D eigenvalue weighted by Crippen LogP contribution is 2.34. The van der Waals surface area contributed by atoms with E-state index in [-0.39, 0.29) is 5.41 Å². The van der Waals surface area contributed by atoms with Crippen molar-refractivity contribution in [3.05, 3.63) is 100 Å². The van der Waals surface area contributed by atoms with E-state index in [1.54, 1.807) is 0 Å². The van der Waals surface area contributed by atoms with E-state index in [1.807, 2.05) is 24.3 Å². The molecule has 0 aliphatic heterocycles. The summed E-state index contributed by atoms with van der Waals surface area (Å²) >= 11 is 6.50. The summed E-state index contributed by atoms with van der Waals surface area (Å²) in [5.74, 6) is 1.71. The first-order valence-corrected chi connectivity index (χ1v) is 11.0. The largest absolute Gasteiger partial charge is 0.323 e. The first-order valence-electron chi connectivity index (χ1n) is 10.6. The van der Waals surface area contributed by atoms with Crippen LogP contribution in [0.4, 0.5) is 0 Å². The number of rotatable bonds is 6. The monoisotopic (exact) mass is 416 g/mol. The van der Waals surface area contributed by atoms with E-state index in [0.717, 1.165) is 33.9 Å². The first-order chi connectivity index (χ1) is 14.4. The summed E-state index contributed by atoms with van der Waals surface area (Å²) in [5, 5.41) is 0.789. The molecule has 3 aromatic carbocycles. The van der Waals surface area contributed by atoms with E-state index in [0.29, 0.717) is 12.5 Å². The molecule has 0 radical (unpaired) electrons. The number of hydrogen-bond donors (Lipinski definition) is 0. The van der Waals surface area contributed by atoms with E-state index in [1.165, 1.54) is 11.1 Å². The minimum atomic E-state index is -0.239. The van der Waals surface area contributed by atoms with Gasteiger partial charge in [0.05, 0.1) is 17.6 Å². The summed E-state index contributed by atoms with van der Waals surface area (Å²) in [7, 11) is 0. The topological polar surface area (TPSA) is 17.8 Å². The van der Waals surface area contributed by atoms with E-state index in [9.17, 15) is 0 Å². The van der Waals surface area contributed by atoms with E-state index >= 15 is 0 Å². The highest BCUT2D eigenvalue weighted by atomic mass is 35.5.